The Morgan fingerprint density at radius 3 is 2.67 bits per heavy atom. The first-order valence-corrected chi connectivity index (χ1v) is 9.62. The molecule has 1 fully saturated rings. The lowest BCUT2D eigenvalue weighted by molar-refractivity contribution is 0.0295. The van der Waals surface area contributed by atoms with Crippen LogP contribution in [0, 0.1) is 0 Å². The number of anilines is 2. The van der Waals surface area contributed by atoms with Crippen molar-refractivity contribution in [2.45, 2.75) is 13.5 Å². The number of carbonyl (C=O) groups is 1. The van der Waals surface area contributed by atoms with E-state index in [1.165, 1.54) is 0 Å². The molecule has 1 saturated heterocycles. The van der Waals surface area contributed by atoms with E-state index in [9.17, 15) is 4.79 Å². The van der Waals surface area contributed by atoms with Crippen molar-refractivity contribution in [3.63, 3.8) is 0 Å². The number of nitrogens with one attached hydrogen (secondary N) is 2. The van der Waals surface area contributed by atoms with Crippen molar-refractivity contribution in [3.8, 4) is 0 Å². The largest absolute Gasteiger partial charge is 0.378 e. The van der Waals surface area contributed by atoms with Crippen molar-refractivity contribution in [3.05, 3.63) is 40.1 Å². The Balaban J connectivity index is 1.78. The van der Waals surface area contributed by atoms with Crippen molar-refractivity contribution >= 4 is 57.8 Å². The number of aromatic nitrogens is 2. The van der Waals surface area contributed by atoms with Gasteiger partial charge < -0.3 is 20.3 Å². The lowest BCUT2D eigenvalue weighted by Crippen LogP contribution is -2.41. The van der Waals surface area contributed by atoms with Gasteiger partial charge in [-0.2, -0.15) is 5.10 Å². The van der Waals surface area contributed by atoms with Gasteiger partial charge in [0.25, 0.3) is 5.91 Å². The Morgan fingerprint density at radius 1 is 1.26 bits per heavy atom. The van der Waals surface area contributed by atoms with E-state index >= 15 is 0 Å². The second-order valence-corrected chi connectivity index (χ2v) is 7.08. The molecule has 3 rings (SSSR count). The predicted octanol–water partition coefficient (Wildman–Crippen LogP) is 3.49. The first-order chi connectivity index (χ1) is 13.0. The number of aryl methyl sites for hydroxylation is 1. The monoisotopic (exact) mass is 427 g/mol. The zero-order valence-corrected chi connectivity index (χ0v) is 17.0. The molecule has 0 unspecified atom stereocenters. The number of hydrogen-bond acceptors (Lipinski definition) is 4. The van der Waals surface area contributed by atoms with Crippen LogP contribution in [0.4, 0.5) is 11.4 Å². The number of thiocarbonyl (C=S) groups is 1. The fourth-order valence-electron chi connectivity index (χ4n) is 2.73. The molecule has 1 aliphatic heterocycles. The maximum absolute atomic E-state index is 13.0. The molecule has 2 aromatic rings. The summed E-state index contributed by atoms with van der Waals surface area (Å²) in [6.07, 6.45) is 1.59. The molecule has 0 atom stereocenters. The highest BCUT2D eigenvalue weighted by atomic mass is 35.5. The molecule has 1 aromatic carbocycles. The third-order valence-electron chi connectivity index (χ3n) is 4.06. The number of hydrogen-bond donors (Lipinski definition) is 2. The molecule has 1 amide bonds. The third kappa shape index (κ3) is 4.70. The number of amides is 1. The smallest absolute Gasteiger partial charge is 0.274 e. The minimum Gasteiger partial charge on any atom is -0.378 e. The highest BCUT2D eigenvalue weighted by Crippen LogP contribution is 2.26. The van der Waals surface area contributed by atoms with E-state index in [0.717, 1.165) is 0 Å². The highest BCUT2D eigenvalue weighted by Gasteiger charge is 2.25. The normalized spacial score (nSPS) is 14.1. The molecule has 0 radical (unpaired) electrons. The van der Waals surface area contributed by atoms with Crippen LogP contribution in [0.15, 0.2) is 24.4 Å². The maximum Gasteiger partial charge on any atom is 0.274 e. The van der Waals surface area contributed by atoms with Crippen LogP contribution in [0.2, 0.25) is 10.0 Å². The molecule has 1 aliphatic rings. The standard InChI is InChI=1S/C17H19Cl2N5O2S/c1-2-24-15(16(25)23-5-7-26-8-6-23)14(10-20-24)22-17(27)21-13-9-11(18)3-4-12(13)19/h3-4,9-10H,2,5-8H2,1H3,(H2,21,22,27). The van der Waals surface area contributed by atoms with Crippen molar-refractivity contribution in [1.82, 2.24) is 14.7 Å². The first kappa shape index (κ1) is 19.9. The Labute approximate surface area is 172 Å². The van der Waals surface area contributed by atoms with E-state index in [-0.39, 0.29) is 11.0 Å². The number of rotatable bonds is 4. The lowest BCUT2D eigenvalue weighted by Gasteiger charge is -2.27. The van der Waals surface area contributed by atoms with Gasteiger partial charge >= 0.3 is 0 Å². The summed E-state index contributed by atoms with van der Waals surface area (Å²) < 4.78 is 6.97. The molecule has 10 heteroatoms. The first-order valence-electron chi connectivity index (χ1n) is 8.45. The predicted molar refractivity (Wildman–Crippen MR) is 111 cm³/mol. The van der Waals surface area contributed by atoms with Gasteiger partial charge in [0.1, 0.15) is 5.69 Å². The minimum absolute atomic E-state index is 0.108. The summed E-state index contributed by atoms with van der Waals surface area (Å²) >= 11 is 17.5. The van der Waals surface area contributed by atoms with Crippen molar-refractivity contribution in [2.24, 2.45) is 0 Å². The van der Waals surface area contributed by atoms with Gasteiger partial charge in [-0.1, -0.05) is 23.2 Å². The zero-order chi connectivity index (χ0) is 19.4. The summed E-state index contributed by atoms with van der Waals surface area (Å²) in [7, 11) is 0. The summed E-state index contributed by atoms with van der Waals surface area (Å²) in [5, 5.41) is 11.6. The van der Waals surface area contributed by atoms with E-state index in [2.05, 4.69) is 15.7 Å². The van der Waals surface area contributed by atoms with Crippen molar-refractivity contribution in [2.75, 3.05) is 36.9 Å². The zero-order valence-electron chi connectivity index (χ0n) is 14.7. The Morgan fingerprint density at radius 2 is 1.96 bits per heavy atom. The van der Waals surface area contributed by atoms with Gasteiger partial charge in [-0.15, -0.1) is 0 Å². The summed E-state index contributed by atoms with van der Waals surface area (Å²) in [5.74, 6) is -0.108. The van der Waals surface area contributed by atoms with E-state index in [0.29, 0.717) is 60.0 Å². The Bertz CT molecular complexity index is 852. The molecular formula is C17H19Cl2N5O2S. The summed E-state index contributed by atoms with van der Waals surface area (Å²) in [6.45, 7) is 4.65. The minimum atomic E-state index is -0.108. The van der Waals surface area contributed by atoms with Crippen LogP contribution in [-0.4, -0.2) is 52.0 Å². The summed E-state index contributed by atoms with van der Waals surface area (Å²) in [5.41, 5.74) is 1.57. The number of benzene rings is 1. The number of morpholine rings is 1. The molecule has 1 aromatic heterocycles. The van der Waals surface area contributed by atoms with Crippen molar-refractivity contribution < 1.29 is 9.53 Å². The molecular weight excluding hydrogens is 409 g/mol. The molecule has 0 saturated carbocycles. The van der Waals surface area contributed by atoms with Crippen LogP contribution in [0.1, 0.15) is 17.4 Å². The fraction of sp³-hybridized carbons (Fsp3) is 0.353. The molecule has 0 spiro atoms. The average molecular weight is 428 g/mol. The molecule has 0 bridgehead atoms. The molecule has 0 aliphatic carbocycles. The summed E-state index contributed by atoms with van der Waals surface area (Å²) in [4.78, 5) is 14.7. The number of ether oxygens (including phenoxy) is 1. The maximum atomic E-state index is 13.0. The number of nitrogens with zero attached hydrogens (tertiary/aromatic N) is 3. The molecule has 144 valence electrons. The van der Waals surface area contributed by atoms with Gasteiger partial charge in [-0.3, -0.25) is 9.48 Å². The van der Waals surface area contributed by atoms with Gasteiger partial charge in [0.2, 0.25) is 0 Å². The molecule has 7 nitrogen and oxygen atoms in total. The topological polar surface area (TPSA) is 71.4 Å². The van der Waals surface area contributed by atoms with Crippen molar-refractivity contribution in [1.29, 1.82) is 0 Å². The van der Waals surface area contributed by atoms with Crippen LogP contribution in [0.5, 0.6) is 0 Å². The Hall–Kier alpha value is -1.87. The average Bonchev–Trinajstić information content (AvgIpc) is 3.07. The SMILES string of the molecule is CCn1ncc(NC(=S)Nc2cc(Cl)ccc2Cl)c1C(=O)N1CCOCC1. The molecule has 27 heavy (non-hydrogen) atoms. The summed E-state index contributed by atoms with van der Waals surface area (Å²) in [6, 6.07) is 5.04. The van der Waals surface area contributed by atoms with E-state index in [4.69, 9.17) is 40.2 Å². The number of halogens is 2. The van der Waals surface area contributed by atoms with Crippen LogP contribution >= 0.6 is 35.4 Å². The van der Waals surface area contributed by atoms with Gasteiger partial charge in [-0.05, 0) is 37.3 Å². The lowest BCUT2D eigenvalue weighted by atomic mass is 10.3. The van der Waals surface area contributed by atoms with Crippen LogP contribution < -0.4 is 10.6 Å². The molecule has 2 heterocycles. The van der Waals surface area contributed by atoms with Crippen LogP contribution in [0.25, 0.3) is 0 Å². The number of carbonyl (C=O) groups excluding carboxylic acids is 1. The van der Waals surface area contributed by atoms with Gasteiger partial charge in [0.05, 0.1) is 35.8 Å². The van der Waals surface area contributed by atoms with Gasteiger partial charge in [-0.25, -0.2) is 0 Å². The highest BCUT2D eigenvalue weighted by molar-refractivity contribution is 7.80. The Kier molecular flexibility index (Phi) is 6.54. The third-order valence-corrected chi connectivity index (χ3v) is 4.83. The second-order valence-electron chi connectivity index (χ2n) is 5.83. The van der Waals surface area contributed by atoms with Crippen LogP contribution in [-0.2, 0) is 11.3 Å². The van der Waals surface area contributed by atoms with E-state index in [1.54, 1.807) is 34.0 Å². The van der Waals surface area contributed by atoms with E-state index in [1.807, 2.05) is 6.92 Å². The van der Waals surface area contributed by atoms with E-state index < -0.39 is 0 Å². The van der Waals surface area contributed by atoms with Crippen LogP contribution in [0.3, 0.4) is 0 Å². The second kappa shape index (κ2) is 8.88. The van der Waals surface area contributed by atoms with Gasteiger partial charge in [0.15, 0.2) is 5.11 Å². The van der Waals surface area contributed by atoms with Gasteiger partial charge in [0, 0.05) is 24.7 Å². The quantitative estimate of drug-likeness (QED) is 0.727. The molecule has 2 N–H and O–H groups in total. The fourth-order valence-corrected chi connectivity index (χ4v) is 3.28.